The summed E-state index contributed by atoms with van der Waals surface area (Å²) in [7, 11) is 5.66. The molecule has 0 aliphatic rings. The first kappa shape index (κ1) is 18.4. The van der Waals surface area contributed by atoms with E-state index in [1.54, 1.807) is 18.4 Å². The second-order valence-corrected chi connectivity index (χ2v) is 7.21. The summed E-state index contributed by atoms with van der Waals surface area (Å²) in [6, 6.07) is 9.78. The zero-order chi connectivity index (χ0) is 18.7. The molecule has 3 aromatic rings. The van der Waals surface area contributed by atoms with Gasteiger partial charge in [0.15, 0.2) is 0 Å². The molecule has 26 heavy (non-hydrogen) atoms. The van der Waals surface area contributed by atoms with Gasteiger partial charge in [-0.25, -0.2) is 0 Å². The number of aryl methyl sites for hydroxylation is 1. The molecule has 1 atom stereocenters. The quantitative estimate of drug-likeness (QED) is 0.721. The van der Waals surface area contributed by atoms with Crippen LogP contribution in [0.3, 0.4) is 0 Å². The number of methoxy groups -OCH3 is 1. The second-order valence-electron chi connectivity index (χ2n) is 6.43. The number of nitrogens with one attached hydrogen (secondary N) is 1. The Bertz CT molecular complexity index is 907. The number of fused-ring (bicyclic) bond motifs is 1. The van der Waals surface area contributed by atoms with E-state index in [1.165, 1.54) is 5.56 Å². The molecule has 5 nitrogen and oxygen atoms in total. The van der Waals surface area contributed by atoms with Crippen molar-refractivity contribution in [2.75, 3.05) is 27.7 Å². The number of benzene rings is 1. The van der Waals surface area contributed by atoms with Gasteiger partial charge in [0.25, 0.3) is 5.91 Å². The van der Waals surface area contributed by atoms with E-state index in [2.05, 4.69) is 32.0 Å². The number of pyridine rings is 1. The fourth-order valence-electron chi connectivity index (χ4n) is 2.96. The Morgan fingerprint density at radius 2 is 2.12 bits per heavy atom. The Morgan fingerprint density at radius 3 is 2.77 bits per heavy atom. The summed E-state index contributed by atoms with van der Waals surface area (Å²) in [5, 5.41) is 8.12. The molecule has 0 aliphatic carbocycles. The Morgan fingerprint density at radius 1 is 1.31 bits per heavy atom. The zero-order valence-corrected chi connectivity index (χ0v) is 16.3. The fourth-order valence-corrected chi connectivity index (χ4v) is 3.66. The van der Waals surface area contributed by atoms with E-state index in [1.807, 2.05) is 45.3 Å². The van der Waals surface area contributed by atoms with Crippen LogP contribution in [-0.2, 0) is 0 Å². The molecule has 3 rings (SSSR count). The van der Waals surface area contributed by atoms with Gasteiger partial charge < -0.3 is 15.0 Å². The number of likely N-dealkylation sites (N-methyl/N-ethyl adjacent to an activating group) is 1. The first-order chi connectivity index (χ1) is 12.5. The van der Waals surface area contributed by atoms with Gasteiger partial charge in [-0.1, -0.05) is 0 Å². The Labute approximate surface area is 157 Å². The lowest BCUT2D eigenvalue weighted by Gasteiger charge is -2.24. The van der Waals surface area contributed by atoms with Crippen LogP contribution in [0.5, 0.6) is 5.75 Å². The molecule has 0 aliphatic heterocycles. The maximum atomic E-state index is 12.8. The van der Waals surface area contributed by atoms with Crippen LogP contribution in [-0.4, -0.2) is 43.5 Å². The summed E-state index contributed by atoms with van der Waals surface area (Å²) in [4.78, 5) is 19.4. The molecule has 1 amide bonds. The molecule has 0 unspecified atom stereocenters. The average molecular weight is 369 g/mol. The minimum Gasteiger partial charge on any atom is -0.497 e. The summed E-state index contributed by atoms with van der Waals surface area (Å²) in [6.45, 7) is 2.40. The van der Waals surface area contributed by atoms with Gasteiger partial charge in [0.1, 0.15) is 5.75 Å². The number of thiophene rings is 1. The van der Waals surface area contributed by atoms with E-state index in [9.17, 15) is 4.79 Å². The minimum atomic E-state index is -0.109. The number of carbonyl (C=O) groups excluding carboxylic acids is 1. The normalized spacial score (nSPS) is 12.3. The molecule has 0 saturated heterocycles. The SMILES string of the molecule is COc1ccc2nc(C)c(C(=O)NC[C@@H](c3ccsc3)N(C)C)cc2c1. The van der Waals surface area contributed by atoms with Gasteiger partial charge in [0.05, 0.1) is 29.9 Å². The van der Waals surface area contributed by atoms with Crippen LogP contribution in [0, 0.1) is 6.92 Å². The molecule has 2 heterocycles. The Balaban J connectivity index is 1.81. The van der Waals surface area contributed by atoms with Crippen molar-refractivity contribution in [2.24, 2.45) is 0 Å². The first-order valence-corrected chi connectivity index (χ1v) is 9.36. The number of aromatic nitrogens is 1. The van der Waals surface area contributed by atoms with Crippen molar-refractivity contribution in [1.29, 1.82) is 0 Å². The highest BCUT2D eigenvalue weighted by Crippen LogP contribution is 2.23. The van der Waals surface area contributed by atoms with E-state index in [0.29, 0.717) is 12.1 Å². The fraction of sp³-hybridized carbons (Fsp3) is 0.300. The smallest absolute Gasteiger partial charge is 0.253 e. The van der Waals surface area contributed by atoms with E-state index in [-0.39, 0.29) is 11.9 Å². The van der Waals surface area contributed by atoms with Gasteiger partial charge in [-0.15, -0.1) is 0 Å². The van der Waals surface area contributed by atoms with Crippen molar-refractivity contribution in [3.05, 3.63) is 57.9 Å². The Kier molecular flexibility index (Phi) is 5.54. The summed E-state index contributed by atoms with van der Waals surface area (Å²) >= 11 is 1.66. The van der Waals surface area contributed by atoms with Crippen molar-refractivity contribution in [3.8, 4) is 5.75 Å². The topological polar surface area (TPSA) is 54.5 Å². The van der Waals surface area contributed by atoms with Crippen LogP contribution >= 0.6 is 11.3 Å². The second kappa shape index (κ2) is 7.85. The van der Waals surface area contributed by atoms with Crippen LogP contribution in [0.4, 0.5) is 0 Å². The number of hydrogen-bond acceptors (Lipinski definition) is 5. The predicted molar refractivity (Wildman–Crippen MR) is 106 cm³/mol. The average Bonchev–Trinajstić information content (AvgIpc) is 3.14. The number of carbonyl (C=O) groups is 1. The lowest BCUT2D eigenvalue weighted by atomic mass is 10.1. The summed E-state index contributed by atoms with van der Waals surface area (Å²) in [5.74, 6) is 0.640. The van der Waals surface area contributed by atoms with Crippen LogP contribution in [0.25, 0.3) is 10.9 Å². The van der Waals surface area contributed by atoms with E-state index >= 15 is 0 Å². The van der Waals surface area contributed by atoms with Crippen LogP contribution in [0.1, 0.15) is 27.7 Å². The molecule has 0 fully saturated rings. The molecule has 1 aromatic carbocycles. The van der Waals surface area contributed by atoms with Crippen LogP contribution < -0.4 is 10.1 Å². The molecule has 2 aromatic heterocycles. The molecule has 136 valence electrons. The van der Waals surface area contributed by atoms with E-state index in [0.717, 1.165) is 22.3 Å². The molecule has 0 bridgehead atoms. The third-order valence-corrected chi connectivity index (χ3v) is 5.17. The number of rotatable bonds is 6. The van der Waals surface area contributed by atoms with Crippen molar-refractivity contribution in [2.45, 2.75) is 13.0 Å². The van der Waals surface area contributed by atoms with Crippen molar-refractivity contribution in [1.82, 2.24) is 15.2 Å². The predicted octanol–water partition coefficient (Wildman–Crippen LogP) is 3.65. The largest absolute Gasteiger partial charge is 0.497 e. The summed E-state index contributed by atoms with van der Waals surface area (Å²) in [5.41, 5.74) is 3.37. The monoisotopic (exact) mass is 369 g/mol. The zero-order valence-electron chi connectivity index (χ0n) is 15.4. The minimum absolute atomic E-state index is 0.109. The lowest BCUT2D eigenvalue weighted by molar-refractivity contribution is 0.0941. The standard InChI is InChI=1S/C20H23N3O2S/c1-13-17(10-15-9-16(25-4)5-6-18(15)22-13)20(24)21-11-19(23(2)3)14-7-8-26-12-14/h5-10,12,19H,11H2,1-4H3,(H,21,24)/t19-/m0/s1. The number of ether oxygens (including phenoxy) is 1. The van der Waals surface area contributed by atoms with Crippen molar-refractivity contribution < 1.29 is 9.53 Å². The summed E-state index contributed by atoms with van der Waals surface area (Å²) in [6.07, 6.45) is 0. The molecule has 0 radical (unpaired) electrons. The lowest BCUT2D eigenvalue weighted by Crippen LogP contribution is -2.34. The Hall–Kier alpha value is -2.44. The van der Waals surface area contributed by atoms with Crippen molar-refractivity contribution >= 4 is 28.1 Å². The number of nitrogens with zero attached hydrogens (tertiary/aromatic N) is 2. The van der Waals surface area contributed by atoms with Crippen LogP contribution in [0.15, 0.2) is 41.1 Å². The highest BCUT2D eigenvalue weighted by atomic mass is 32.1. The van der Waals surface area contributed by atoms with Gasteiger partial charge >= 0.3 is 0 Å². The highest BCUT2D eigenvalue weighted by molar-refractivity contribution is 7.07. The van der Waals surface area contributed by atoms with Gasteiger partial charge in [0, 0.05) is 11.9 Å². The maximum absolute atomic E-state index is 12.8. The highest BCUT2D eigenvalue weighted by Gasteiger charge is 2.18. The van der Waals surface area contributed by atoms with Gasteiger partial charge in [-0.3, -0.25) is 9.78 Å². The third-order valence-electron chi connectivity index (χ3n) is 4.46. The molecule has 0 spiro atoms. The maximum Gasteiger partial charge on any atom is 0.253 e. The number of hydrogen-bond donors (Lipinski definition) is 1. The molecule has 1 N–H and O–H groups in total. The van der Waals surface area contributed by atoms with Gasteiger partial charge in [-0.2, -0.15) is 11.3 Å². The summed E-state index contributed by atoms with van der Waals surface area (Å²) < 4.78 is 5.27. The van der Waals surface area contributed by atoms with Crippen LogP contribution in [0.2, 0.25) is 0 Å². The van der Waals surface area contributed by atoms with Gasteiger partial charge in [-0.05, 0) is 67.7 Å². The van der Waals surface area contributed by atoms with E-state index in [4.69, 9.17) is 4.74 Å². The molecular formula is C20H23N3O2S. The van der Waals surface area contributed by atoms with Crippen molar-refractivity contribution in [3.63, 3.8) is 0 Å². The number of amides is 1. The van der Waals surface area contributed by atoms with Gasteiger partial charge in [0.2, 0.25) is 0 Å². The molecule has 0 saturated carbocycles. The molecular weight excluding hydrogens is 346 g/mol. The first-order valence-electron chi connectivity index (χ1n) is 8.41. The van der Waals surface area contributed by atoms with E-state index < -0.39 is 0 Å². The molecule has 6 heteroatoms. The third kappa shape index (κ3) is 3.86.